The van der Waals surface area contributed by atoms with Gasteiger partial charge in [-0.3, -0.25) is 4.79 Å². The van der Waals surface area contributed by atoms with Crippen LogP contribution in [0.1, 0.15) is 48.9 Å². The van der Waals surface area contributed by atoms with E-state index < -0.39 is 11.5 Å². The maximum atomic E-state index is 12.8. The van der Waals surface area contributed by atoms with Crippen LogP contribution in [0.3, 0.4) is 0 Å². The van der Waals surface area contributed by atoms with Gasteiger partial charge in [0, 0.05) is 25.3 Å². The summed E-state index contributed by atoms with van der Waals surface area (Å²) in [5, 5.41) is 14.3. The highest BCUT2D eigenvalue weighted by atomic mass is 35.5. The van der Waals surface area contributed by atoms with Crippen molar-refractivity contribution in [2.24, 2.45) is 23.5 Å². The Balaban J connectivity index is 1.18. The number of hydrogen-bond acceptors (Lipinski definition) is 6. The number of carbonyl (C=O) groups excluding carboxylic acids is 2. The average molecular weight is 435 g/mol. The molecule has 2 unspecified atom stereocenters. The van der Waals surface area contributed by atoms with Crippen LogP contribution in [0.4, 0.5) is 10.6 Å². The van der Waals surface area contributed by atoms with Crippen molar-refractivity contribution in [1.82, 2.24) is 9.88 Å². The van der Waals surface area contributed by atoms with Gasteiger partial charge in [-0.2, -0.15) is 0 Å². The molecule has 162 valence electrons. The molecule has 4 saturated carbocycles. The summed E-state index contributed by atoms with van der Waals surface area (Å²) in [4.78, 5) is 30.0. The van der Waals surface area contributed by atoms with Gasteiger partial charge in [0.1, 0.15) is 11.9 Å². The molecule has 5 fully saturated rings. The molecule has 8 nitrogen and oxygen atoms in total. The second-order valence-corrected chi connectivity index (χ2v) is 9.94. The standard InChI is InChI=1S/C21H27ClN4O4/c22-16-5-14(18(23)27)9-24-19(16)25-15-1-2-26(10-15)20(28)30-17-12-3-11-4-13(17)8-21(29,6-11)7-12/h5,9,11-13,15,17,29H,1-4,6-8,10H2,(H2,23,27)(H,24,25)/t11?,12?,13?,15-,17-,21-/m1/s1. The molecule has 9 heteroatoms. The number of primary amides is 1. The third-order valence-electron chi connectivity index (χ3n) is 7.30. The summed E-state index contributed by atoms with van der Waals surface area (Å²) >= 11 is 6.20. The van der Waals surface area contributed by atoms with E-state index in [9.17, 15) is 14.7 Å². The lowest BCUT2D eigenvalue weighted by Gasteiger charge is -2.57. The van der Waals surface area contributed by atoms with Crippen molar-refractivity contribution in [2.45, 2.75) is 56.3 Å². The quantitative estimate of drug-likeness (QED) is 0.669. The second-order valence-electron chi connectivity index (χ2n) is 9.54. The van der Waals surface area contributed by atoms with Gasteiger partial charge >= 0.3 is 6.09 Å². The Morgan fingerprint density at radius 2 is 2.03 bits per heavy atom. The van der Waals surface area contributed by atoms with Crippen molar-refractivity contribution in [1.29, 1.82) is 0 Å². The number of rotatable bonds is 4. The fourth-order valence-electron chi connectivity index (χ4n) is 6.23. The molecule has 1 saturated heterocycles. The molecule has 4 aliphatic carbocycles. The SMILES string of the molecule is NC(=O)c1cnc(N[C@@H]2CCN(C(=O)O[C@H]3C4CC5CC3C[C@](O)(C5)C4)C2)c(Cl)c1. The number of carbonyl (C=O) groups is 2. The molecule has 30 heavy (non-hydrogen) atoms. The molecular formula is C21H27ClN4O4. The summed E-state index contributed by atoms with van der Waals surface area (Å²) in [6, 6.07) is 1.49. The molecule has 4 bridgehead atoms. The molecule has 6 rings (SSSR count). The van der Waals surface area contributed by atoms with Crippen LogP contribution in [0.25, 0.3) is 0 Å². The number of anilines is 1. The zero-order valence-electron chi connectivity index (χ0n) is 16.7. The summed E-state index contributed by atoms with van der Waals surface area (Å²) in [5.41, 5.74) is 4.97. The topological polar surface area (TPSA) is 118 Å². The minimum Gasteiger partial charge on any atom is -0.446 e. The number of halogens is 1. The summed E-state index contributed by atoms with van der Waals surface area (Å²) < 4.78 is 5.98. The monoisotopic (exact) mass is 434 g/mol. The van der Waals surface area contributed by atoms with Gasteiger partial charge in [-0.25, -0.2) is 9.78 Å². The van der Waals surface area contributed by atoms with E-state index in [1.807, 2.05) is 0 Å². The summed E-state index contributed by atoms with van der Waals surface area (Å²) in [7, 11) is 0. The normalized spacial score (nSPS) is 36.7. The number of pyridine rings is 1. The molecule has 5 aliphatic rings. The van der Waals surface area contributed by atoms with E-state index in [0.717, 1.165) is 38.5 Å². The van der Waals surface area contributed by atoms with Crippen molar-refractivity contribution in [3.63, 3.8) is 0 Å². The Bertz CT molecular complexity index is 865. The van der Waals surface area contributed by atoms with Crippen LogP contribution in [0.2, 0.25) is 5.02 Å². The van der Waals surface area contributed by atoms with Gasteiger partial charge < -0.3 is 25.8 Å². The lowest BCUT2D eigenvalue weighted by molar-refractivity contribution is -0.177. The number of nitrogens with one attached hydrogen (secondary N) is 1. The Kier molecular flexibility index (Phi) is 4.82. The Morgan fingerprint density at radius 3 is 2.67 bits per heavy atom. The largest absolute Gasteiger partial charge is 0.446 e. The first-order chi connectivity index (χ1) is 14.3. The minimum absolute atomic E-state index is 0.00110. The third kappa shape index (κ3) is 3.60. The zero-order chi connectivity index (χ0) is 21.0. The highest BCUT2D eigenvalue weighted by molar-refractivity contribution is 6.33. The van der Waals surface area contributed by atoms with E-state index in [-0.39, 0.29) is 35.6 Å². The smallest absolute Gasteiger partial charge is 0.410 e. The first-order valence-corrected chi connectivity index (χ1v) is 11.1. The Labute approximate surface area is 180 Å². The minimum atomic E-state index is -0.581. The van der Waals surface area contributed by atoms with Crippen molar-refractivity contribution >= 4 is 29.4 Å². The number of hydrogen-bond donors (Lipinski definition) is 3. The second kappa shape index (κ2) is 7.27. The van der Waals surface area contributed by atoms with Gasteiger partial charge in [-0.15, -0.1) is 0 Å². The van der Waals surface area contributed by atoms with E-state index in [2.05, 4.69) is 10.3 Å². The van der Waals surface area contributed by atoms with E-state index in [4.69, 9.17) is 22.1 Å². The van der Waals surface area contributed by atoms with E-state index >= 15 is 0 Å². The molecule has 0 aromatic carbocycles. The molecule has 2 amide bonds. The maximum Gasteiger partial charge on any atom is 0.410 e. The van der Waals surface area contributed by atoms with Crippen LogP contribution in [0.15, 0.2) is 12.3 Å². The molecule has 1 aliphatic heterocycles. The summed E-state index contributed by atoms with van der Waals surface area (Å²) in [6.07, 6.45) is 6.35. The molecule has 4 N–H and O–H groups in total. The van der Waals surface area contributed by atoms with Gasteiger partial charge in [0.25, 0.3) is 0 Å². The number of likely N-dealkylation sites (tertiary alicyclic amines) is 1. The fourth-order valence-corrected chi connectivity index (χ4v) is 6.46. The molecule has 3 atom stereocenters. The summed E-state index contributed by atoms with van der Waals surface area (Å²) in [5.74, 6) is 1.04. The zero-order valence-corrected chi connectivity index (χ0v) is 17.5. The molecular weight excluding hydrogens is 408 g/mol. The lowest BCUT2D eigenvalue weighted by atomic mass is 9.53. The highest BCUT2D eigenvalue weighted by Gasteiger charge is 2.56. The first-order valence-electron chi connectivity index (χ1n) is 10.7. The van der Waals surface area contributed by atoms with Gasteiger partial charge in [-0.1, -0.05) is 11.6 Å². The number of aliphatic hydroxyl groups is 1. The third-order valence-corrected chi connectivity index (χ3v) is 7.59. The number of aromatic nitrogens is 1. The van der Waals surface area contributed by atoms with E-state index in [1.165, 1.54) is 12.3 Å². The molecule has 0 radical (unpaired) electrons. The van der Waals surface area contributed by atoms with Crippen molar-refractivity contribution < 1.29 is 19.4 Å². The van der Waals surface area contributed by atoms with Crippen molar-refractivity contribution in [3.8, 4) is 0 Å². The highest BCUT2D eigenvalue weighted by Crippen LogP contribution is 2.56. The fraction of sp³-hybridized carbons (Fsp3) is 0.667. The maximum absolute atomic E-state index is 12.8. The predicted molar refractivity (Wildman–Crippen MR) is 110 cm³/mol. The van der Waals surface area contributed by atoms with Crippen LogP contribution >= 0.6 is 11.6 Å². The molecule has 2 heterocycles. The number of amides is 2. The van der Waals surface area contributed by atoms with Crippen molar-refractivity contribution in [2.75, 3.05) is 18.4 Å². The van der Waals surface area contributed by atoms with Crippen LogP contribution in [0, 0.1) is 17.8 Å². The Morgan fingerprint density at radius 1 is 1.30 bits per heavy atom. The number of nitrogens with two attached hydrogens (primary N) is 1. The molecule has 0 spiro atoms. The van der Waals surface area contributed by atoms with Crippen molar-refractivity contribution in [3.05, 3.63) is 22.8 Å². The van der Waals surface area contributed by atoms with Gasteiger partial charge in [0.15, 0.2) is 0 Å². The van der Waals surface area contributed by atoms with Crippen LogP contribution in [-0.2, 0) is 4.74 Å². The van der Waals surface area contributed by atoms with Gasteiger partial charge in [0.2, 0.25) is 5.91 Å². The first kappa shape index (κ1) is 19.9. The molecule has 1 aromatic heterocycles. The van der Waals surface area contributed by atoms with Gasteiger partial charge in [-0.05, 0) is 62.3 Å². The summed E-state index contributed by atoms with van der Waals surface area (Å²) in [6.45, 7) is 1.10. The lowest BCUT2D eigenvalue weighted by Crippen LogP contribution is -2.58. The number of nitrogens with zero attached hydrogens (tertiary/aromatic N) is 2. The van der Waals surface area contributed by atoms with Crippen LogP contribution < -0.4 is 11.1 Å². The van der Waals surface area contributed by atoms with Gasteiger partial charge in [0.05, 0.1) is 16.2 Å². The average Bonchev–Trinajstić information content (AvgIpc) is 3.13. The molecule has 1 aromatic rings. The Hall–Kier alpha value is -2.06. The van der Waals surface area contributed by atoms with E-state index in [0.29, 0.717) is 29.8 Å². The van der Waals surface area contributed by atoms with Crippen LogP contribution in [-0.4, -0.2) is 57.8 Å². The van der Waals surface area contributed by atoms with Crippen LogP contribution in [0.5, 0.6) is 0 Å². The van der Waals surface area contributed by atoms with E-state index in [1.54, 1.807) is 4.90 Å². The number of ether oxygens (including phenoxy) is 1. The predicted octanol–water partition coefficient (Wildman–Crippen LogP) is 2.40.